The van der Waals surface area contributed by atoms with E-state index in [9.17, 15) is 39.3 Å². The Bertz CT molecular complexity index is 1730. The quantitative estimate of drug-likeness (QED) is 0.201. The Kier molecular flexibility index (Phi) is 11.0. The van der Waals surface area contributed by atoms with E-state index in [1.165, 1.54) is 13.1 Å². The van der Waals surface area contributed by atoms with Gasteiger partial charge in [-0.2, -0.15) is 0 Å². The molecule has 2 aromatic rings. The number of fused-ring (bicyclic) bond motifs is 2. The molecule has 1 unspecified atom stereocenters. The van der Waals surface area contributed by atoms with E-state index in [0.29, 0.717) is 6.42 Å². The van der Waals surface area contributed by atoms with Gasteiger partial charge in [-0.3, -0.25) is 9.59 Å². The molecule has 1 aliphatic carbocycles. The topological polar surface area (TPSA) is 184 Å². The molecule has 0 spiro atoms. The fourth-order valence-corrected chi connectivity index (χ4v) is 7.17. The summed E-state index contributed by atoms with van der Waals surface area (Å²) in [6.07, 6.45) is 1.20. The van der Waals surface area contributed by atoms with Crippen LogP contribution in [0.5, 0.6) is 0 Å². The van der Waals surface area contributed by atoms with Gasteiger partial charge in [0.25, 0.3) is 0 Å². The van der Waals surface area contributed by atoms with E-state index in [-0.39, 0.29) is 111 Å². The van der Waals surface area contributed by atoms with Gasteiger partial charge in [0.05, 0.1) is 68.9 Å². The molecule has 13 nitrogen and oxygen atoms in total. The maximum absolute atomic E-state index is 15.4. The van der Waals surface area contributed by atoms with Crippen molar-refractivity contribution in [3.63, 3.8) is 0 Å². The van der Waals surface area contributed by atoms with Crippen LogP contribution in [0.3, 0.4) is 0 Å². The number of benzene rings is 1. The van der Waals surface area contributed by atoms with Crippen molar-refractivity contribution in [3.8, 4) is 0 Å². The number of aliphatic hydroxyl groups excluding tert-OH is 1. The summed E-state index contributed by atoms with van der Waals surface area (Å²) in [5.74, 6) is -5.87. The number of aromatic nitrogens is 1. The summed E-state index contributed by atoms with van der Waals surface area (Å²) in [7, 11) is 0. The molecule has 1 aromatic heterocycles. The monoisotopic (exact) mass is 676 g/mol. The fourth-order valence-electron chi connectivity index (χ4n) is 6.76. The van der Waals surface area contributed by atoms with E-state index in [1.54, 1.807) is 16.4 Å². The van der Waals surface area contributed by atoms with E-state index < -0.39 is 77.4 Å². The van der Waals surface area contributed by atoms with Crippen LogP contribution in [0.25, 0.3) is 10.9 Å². The second kappa shape index (κ2) is 13.7. The number of carboxylic acids is 2. The number of aliphatic carboxylic acids is 1. The molecule has 0 bridgehead atoms. The number of alkyl carbamates (subject to hydrolysis) is 1. The molecule has 1 aromatic carbocycles. The Morgan fingerprint density at radius 2 is 1.85 bits per heavy atom. The van der Waals surface area contributed by atoms with Crippen LogP contribution in [0.1, 0.15) is 49.5 Å². The second-order valence-electron chi connectivity index (χ2n) is 11.8. The van der Waals surface area contributed by atoms with Crippen LogP contribution in [0.4, 0.5) is 14.9 Å². The zero-order chi connectivity index (χ0) is 31.8. The molecule has 2 N–H and O–H groups in total. The largest absolute Gasteiger partial charge is 1.00 e. The van der Waals surface area contributed by atoms with Crippen molar-refractivity contribution in [1.29, 1.82) is 0 Å². The third kappa shape index (κ3) is 6.11. The van der Waals surface area contributed by atoms with Crippen LogP contribution >= 0.6 is 11.6 Å². The second-order valence-corrected chi connectivity index (χ2v) is 12.2. The standard InChI is InChI=1S/C29H30ClFN4O9.2Na/c1-11-17(23(28(41)42)35-21(11)19(12(2)36)26(35)38)10-44-29(43)32-13-5-6-33(8-13)24-18(31)7-15-22(20(24)30)34(14-3-4-14)9-16(25(15)37)27(39)40;;/h7,9,11-14,19,21,36H,3-6,8,10H2,1-2H3,(H,32,43)(H,39,40)(H,41,42);;/q;2*+1/p-2/t11-,12+,13?,19-,21+;;/m1../s1. The SMILES string of the molecule is C[C@H](O)[C@H]1C(=O)N2C(C(=O)[O-])=C(COC(=O)NC3CCN(c4c(F)cc5c(=O)c(C(=O)[O-])cn(C6CC6)c5c4Cl)C3)[C@@H](C)[C@@H]12.[Na+].[Na+]. The first-order chi connectivity index (χ1) is 20.8. The van der Waals surface area contributed by atoms with E-state index in [1.807, 2.05) is 0 Å². The van der Waals surface area contributed by atoms with Gasteiger partial charge < -0.3 is 49.3 Å². The number of hydrogen-bond acceptors (Lipinski definition) is 10. The van der Waals surface area contributed by atoms with Crippen LogP contribution in [0, 0.1) is 17.7 Å². The minimum absolute atomic E-state index is 0. The van der Waals surface area contributed by atoms with E-state index in [4.69, 9.17) is 16.3 Å². The number of carboxylic acid groups (broad SMARTS) is 2. The molecule has 4 aliphatic rings. The zero-order valence-electron chi connectivity index (χ0n) is 25.7. The van der Waals surface area contributed by atoms with Crippen molar-refractivity contribution in [3.05, 3.63) is 50.2 Å². The number of pyridine rings is 1. The van der Waals surface area contributed by atoms with E-state index in [2.05, 4.69) is 5.32 Å². The van der Waals surface area contributed by atoms with Crippen molar-refractivity contribution in [2.24, 2.45) is 11.8 Å². The number of aromatic carboxylic acids is 1. The zero-order valence-corrected chi connectivity index (χ0v) is 30.4. The molecule has 5 atom stereocenters. The van der Waals surface area contributed by atoms with Gasteiger partial charge in [-0.05, 0) is 37.8 Å². The van der Waals surface area contributed by atoms with Gasteiger partial charge in [-0.15, -0.1) is 0 Å². The predicted molar refractivity (Wildman–Crippen MR) is 148 cm³/mol. The number of amides is 2. The number of anilines is 1. The van der Waals surface area contributed by atoms with Gasteiger partial charge >= 0.3 is 65.2 Å². The molecule has 3 aliphatic heterocycles. The van der Waals surface area contributed by atoms with Crippen LogP contribution in [0.2, 0.25) is 5.02 Å². The number of hydrogen-bond donors (Lipinski definition) is 2. The van der Waals surface area contributed by atoms with Gasteiger partial charge in [0.2, 0.25) is 5.91 Å². The first-order valence-electron chi connectivity index (χ1n) is 14.2. The molecule has 6 rings (SSSR count). The maximum atomic E-state index is 15.4. The molecule has 234 valence electrons. The molecular formula is C29H28ClFN4Na2O9. The molecule has 1 saturated carbocycles. The minimum Gasteiger partial charge on any atom is -0.545 e. The van der Waals surface area contributed by atoms with Crippen LogP contribution in [-0.4, -0.2) is 76.4 Å². The number of rotatable bonds is 8. The Balaban J connectivity index is 0.00000240. The summed E-state index contributed by atoms with van der Waals surface area (Å²) >= 11 is 6.69. The summed E-state index contributed by atoms with van der Waals surface area (Å²) in [6, 6.07) is -0.198. The number of ether oxygens (including phenoxy) is 1. The molecule has 2 amide bonds. The van der Waals surface area contributed by atoms with Crippen molar-refractivity contribution < 1.29 is 103 Å². The smallest absolute Gasteiger partial charge is 0.545 e. The Morgan fingerprint density at radius 3 is 2.43 bits per heavy atom. The van der Waals surface area contributed by atoms with E-state index >= 15 is 4.39 Å². The number of halogens is 2. The average Bonchev–Trinajstić information content (AvgIpc) is 3.63. The third-order valence-electron chi connectivity index (χ3n) is 9.04. The predicted octanol–water partition coefficient (Wildman–Crippen LogP) is -6.33. The van der Waals surface area contributed by atoms with E-state index in [0.717, 1.165) is 23.8 Å². The number of aliphatic hydroxyl groups is 1. The molecule has 3 fully saturated rings. The summed E-state index contributed by atoms with van der Waals surface area (Å²) < 4.78 is 22.3. The molecule has 0 radical (unpaired) electrons. The van der Waals surface area contributed by atoms with Gasteiger partial charge in [-0.25, -0.2) is 9.18 Å². The molecule has 2 saturated heterocycles. The fraction of sp³-hybridized carbons (Fsp3) is 0.483. The molecule has 46 heavy (non-hydrogen) atoms. The van der Waals surface area contributed by atoms with Crippen molar-refractivity contribution in [2.45, 2.75) is 57.3 Å². The number of nitrogens with zero attached hydrogens (tertiary/aromatic N) is 3. The number of nitrogens with one attached hydrogen (secondary N) is 1. The Hall–Kier alpha value is -2.17. The van der Waals surface area contributed by atoms with Crippen LogP contribution in [-0.2, 0) is 14.3 Å². The number of carbonyl (C=O) groups excluding carboxylic acids is 4. The summed E-state index contributed by atoms with van der Waals surface area (Å²) in [4.78, 5) is 64.1. The minimum atomic E-state index is -1.66. The first kappa shape index (κ1) is 36.7. The average molecular weight is 677 g/mol. The van der Waals surface area contributed by atoms with Crippen molar-refractivity contribution >= 4 is 52.1 Å². The summed E-state index contributed by atoms with van der Waals surface area (Å²) in [5, 5.41) is 35.8. The Labute approximate surface area is 311 Å². The number of carbonyl (C=O) groups is 4. The molecule has 17 heteroatoms. The summed E-state index contributed by atoms with van der Waals surface area (Å²) in [6.45, 7) is 3.14. The normalized spacial score (nSPS) is 24.2. The molecular weight excluding hydrogens is 649 g/mol. The third-order valence-corrected chi connectivity index (χ3v) is 9.40. The van der Waals surface area contributed by atoms with Crippen LogP contribution in [0.15, 0.2) is 28.3 Å². The number of β-lactam (4-membered cyclic amide) rings is 1. The van der Waals surface area contributed by atoms with Gasteiger partial charge in [0.1, 0.15) is 12.4 Å². The first-order valence-corrected chi connectivity index (χ1v) is 14.6. The summed E-state index contributed by atoms with van der Waals surface area (Å²) in [5.41, 5.74) is -1.40. The van der Waals surface area contributed by atoms with Crippen LogP contribution < -0.4 is 85.0 Å². The van der Waals surface area contributed by atoms with Crippen molar-refractivity contribution in [1.82, 2.24) is 14.8 Å². The van der Waals surface area contributed by atoms with Crippen molar-refractivity contribution in [2.75, 3.05) is 24.6 Å². The van der Waals surface area contributed by atoms with Gasteiger partial charge in [0.15, 0.2) is 5.43 Å². The van der Waals surface area contributed by atoms with Gasteiger partial charge in [-0.1, -0.05) is 18.5 Å². The molecule has 4 heterocycles. The van der Waals surface area contributed by atoms with Gasteiger partial charge in [0, 0.05) is 31.2 Å². The maximum Gasteiger partial charge on any atom is 1.00 e. The Morgan fingerprint density at radius 1 is 1.17 bits per heavy atom.